The van der Waals surface area contributed by atoms with E-state index in [9.17, 15) is 9.18 Å². The van der Waals surface area contributed by atoms with Gasteiger partial charge in [-0.25, -0.2) is 4.39 Å². The molecule has 35 heavy (non-hydrogen) atoms. The molecule has 1 aliphatic rings. The number of nitrogens with zero attached hydrogens (tertiary/aromatic N) is 2. The van der Waals surface area contributed by atoms with Crippen LogP contribution in [0.25, 0.3) is 6.08 Å². The summed E-state index contributed by atoms with van der Waals surface area (Å²) in [5, 5.41) is 0.724. The maximum atomic E-state index is 13.3. The van der Waals surface area contributed by atoms with Crippen LogP contribution in [0.5, 0.6) is 11.5 Å². The fourth-order valence-electron chi connectivity index (χ4n) is 3.64. The normalized spacial score (nSPS) is 16.1. The number of aliphatic imine (C=N–C) groups is 1. The van der Waals surface area contributed by atoms with Gasteiger partial charge in [-0.3, -0.25) is 14.7 Å². The van der Waals surface area contributed by atoms with Gasteiger partial charge in [0.25, 0.3) is 5.91 Å². The lowest BCUT2D eigenvalue weighted by atomic mass is 10.0. The highest BCUT2D eigenvalue weighted by molar-refractivity contribution is 8.18. The van der Waals surface area contributed by atoms with Gasteiger partial charge in [0.15, 0.2) is 16.7 Å². The maximum absolute atomic E-state index is 13.3. The summed E-state index contributed by atoms with van der Waals surface area (Å²) in [6, 6.07) is 10.2. The number of hydrogen-bond donors (Lipinski definition) is 0. The van der Waals surface area contributed by atoms with Gasteiger partial charge in [-0.1, -0.05) is 18.2 Å². The molecule has 1 fully saturated rings. The van der Waals surface area contributed by atoms with Crippen molar-refractivity contribution in [3.63, 3.8) is 0 Å². The van der Waals surface area contributed by atoms with Gasteiger partial charge in [0, 0.05) is 17.6 Å². The predicted molar refractivity (Wildman–Crippen MR) is 142 cm³/mol. The summed E-state index contributed by atoms with van der Waals surface area (Å²) in [7, 11) is 0. The van der Waals surface area contributed by atoms with E-state index in [1.54, 1.807) is 23.1 Å². The lowest BCUT2D eigenvalue weighted by molar-refractivity contribution is -0.123. The Morgan fingerprint density at radius 3 is 2.46 bits per heavy atom. The van der Waals surface area contributed by atoms with E-state index in [1.807, 2.05) is 52.8 Å². The summed E-state index contributed by atoms with van der Waals surface area (Å²) < 4.78 is 25.3. The molecule has 0 bridgehead atoms. The molecule has 1 saturated heterocycles. The van der Waals surface area contributed by atoms with Crippen molar-refractivity contribution >= 4 is 28.9 Å². The molecule has 1 heterocycles. The van der Waals surface area contributed by atoms with Crippen LogP contribution in [0.2, 0.25) is 0 Å². The third-order valence-corrected chi connectivity index (χ3v) is 6.13. The highest BCUT2D eigenvalue weighted by atomic mass is 32.2. The maximum Gasteiger partial charge on any atom is 0.266 e. The number of rotatable bonds is 10. The zero-order chi connectivity index (χ0) is 25.5. The molecule has 0 aromatic heterocycles. The lowest BCUT2D eigenvalue weighted by Gasteiger charge is -2.20. The Balaban J connectivity index is 1.98. The van der Waals surface area contributed by atoms with Gasteiger partial charge in [-0.2, -0.15) is 0 Å². The van der Waals surface area contributed by atoms with Gasteiger partial charge in [-0.05, 0) is 94.3 Å². The van der Waals surface area contributed by atoms with Crippen LogP contribution in [0.1, 0.15) is 51.3 Å². The fraction of sp³-hybridized carbons (Fsp3) is 0.357. The van der Waals surface area contributed by atoms with Crippen molar-refractivity contribution in [2.75, 3.05) is 6.61 Å². The van der Waals surface area contributed by atoms with Crippen LogP contribution in [0.15, 0.2) is 59.0 Å². The average Bonchev–Trinajstić information content (AvgIpc) is 3.08. The zero-order valence-corrected chi connectivity index (χ0v) is 21.8. The average molecular weight is 497 g/mol. The molecule has 0 atom stereocenters. The topological polar surface area (TPSA) is 51.1 Å². The molecule has 2 aromatic carbocycles. The summed E-state index contributed by atoms with van der Waals surface area (Å²) in [6.07, 6.45) is 4.25. The number of hydrogen-bond acceptors (Lipinski definition) is 5. The van der Waals surface area contributed by atoms with Crippen LogP contribution in [-0.4, -0.2) is 34.7 Å². The van der Waals surface area contributed by atoms with E-state index in [-0.39, 0.29) is 30.4 Å². The standard InChI is InChI=1S/C28H33FN2O3S/c1-7-9-22-14-21(16-25-27(32)31(19(5)6)28(35-25)30-18(3)4)15-24(33-8-2)26(22)34-17-20-10-12-23(29)13-11-20/h7,10-16,18-19H,1,8-9,17H2,2-6H3/b25-16+,30-28?. The minimum atomic E-state index is -0.287. The van der Waals surface area contributed by atoms with Crippen molar-refractivity contribution in [3.05, 3.63) is 76.5 Å². The molecule has 0 saturated carbocycles. The molecule has 7 heteroatoms. The van der Waals surface area contributed by atoms with Crippen molar-refractivity contribution < 1.29 is 18.7 Å². The second kappa shape index (κ2) is 12.1. The van der Waals surface area contributed by atoms with Gasteiger partial charge in [0.05, 0.1) is 11.5 Å². The number of benzene rings is 2. The van der Waals surface area contributed by atoms with Crippen molar-refractivity contribution in [1.29, 1.82) is 0 Å². The Morgan fingerprint density at radius 1 is 1.14 bits per heavy atom. The minimum absolute atomic E-state index is 0.0101. The number of ether oxygens (including phenoxy) is 2. The van der Waals surface area contributed by atoms with E-state index in [1.165, 1.54) is 23.9 Å². The monoisotopic (exact) mass is 496 g/mol. The molecule has 0 unspecified atom stereocenters. The van der Waals surface area contributed by atoms with Gasteiger partial charge in [-0.15, -0.1) is 6.58 Å². The Morgan fingerprint density at radius 2 is 1.86 bits per heavy atom. The molecule has 3 rings (SSSR count). The van der Waals surface area contributed by atoms with E-state index in [0.717, 1.165) is 21.9 Å². The van der Waals surface area contributed by atoms with Crippen LogP contribution in [0, 0.1) is 5.82 Å². The first-order valence-corrected chi connectivity index (χ1v) is 12.6. The highest BCUT2D eigenvalue weighted by Gasteiger charge is 2.35. The number of amides is 1. The highest BCUT2D eigenvalue weighted by Crippen LogP contribution is 2.38. The summed E-state index contributed by atoms with van der Waals surface area (Å²) in [5.41, 5.74) is 2.58. The quantitative estimate of drug-likeness (QED) is 0.274. The Bertz CT molecular complexity index is 1120. The van der Waals surface area contributed by atoms with Crippen molar-refractivity contribution in [3.8, 4) is 11.5 Å². The SMILES string of the molecule is C=CCc1cc(/C=C2/SC(=NC(C)C)N(C(C)C)C2=O)cc(OCC)c1OCc1ccc(F)cc1. The largest absolute Gasteiger partial charge is 0.490 e. The first kappa shape index (κ1) is 26.5. The molecule has 0 N–H and O–H groups in total. The molecule has 1 aliphatic heterocycles. The summed E-state index contributed by atoms with van der Waals surface area (Å²) in [5.74, 6) is 0.872. The molecule has 186 valence electrons. The Labute approximate surface area is 211 Å². The van der Waals surface area contributed by atoms with Crippen molar-refractivity contribution in [1.82, 2.24) is 4.90 Å². The van der Waals surface area contributed by atoms with Crippen LogP contribution >= 0.6 is 11.8 Å². The molecule has 1 amide bonds. The summed E-state index contributed by atoms with van der Waals surface area (Å²) in [4.78, 5) is 20.2. The third kappa shape index (κ3) is 6.75. The molecule has 5 nitrogen and oxygen atoms in total. The first-order chi connectivity index (χ1) is 16.7. The number of carbonyl (C=O) groups excluding carboxylic acids is 1. The second-order valence-corrected chi connectivity index (χ2v) is 9.74. The summed E-state index contributed by atoms with van der Waals surface area (Å²) >= 11 is 1.39. The van der Waals surface area contributed by atoms with E-state index < -0.39 is 0 Å². The molecular weight excluding hydrogens is 463 g/mol. The van der Waals surface area contributed by atoms with Crippen LogP contribution in [0.4, 0.5) is 4.39 Å². The Kier molecular flexibility index (Phi) is 9.15. The molecular formula is C28H33FN2O3S. The first-order valence-electron chi connectivity index (χ1n) is 11.8. The Hall–Kier alpha value is -3.06. The van der Waals surface area contributed by atoms with E-state index in [2.05, 4.69) is 11.6 Å². The third-order valence-electron chi connectivity index (χ3n) is 5.13. The molecule has 0 aliphatic carbocycles. The lowest BCUT2D eigenvalue weighted by Crippen LogP contribution is -2.35. The molecule has 2 aromatic rings. The van der Waals surface area contributed by atoms with Gasteiger partial charge in [0.1, 0.15) is 12.4 Å². The number of allylic oxidation sites excluding steroid dienone is 1. The van der Waals surface area contributed by atoms with Crippen LogP contribution in [-0.2, 0) is 17.8 Å². The molecule has 0 radical (unpaired) electrons. The van der Waals surface area contributed by atoms with E-state index in [4.69, 9.17) is 9.47 Å². The summed E-state index contributed by atoms with van der Waals surface area (Å²) in [6.45, 7) is 14.5. The van der Waals surface area contributed by atoms with Gasteiger partial charge in [0.2, 0.25) is 0 Å². The van der Waals surface area contributed by atoms with Crippen molar-refractivity contribution in [2.24, 2.45) is 4.99 Å². The zero-order valence-electron chi connectivity index (χ0n) is 21.0. The second-order valence-electron chi connectivity index (χ2n) is 8.73. The number of carbonyl (C=O) groups is 1. The fourth-order valence-corrected chi connectivity index (χ4v) is 4.87. The van der Waals surface area contributed by atoms with Crippen LogP contribution in [0.3, 0.4) is 0 Å². The van der Waals surface area contributed by atoms with E-state index >= 15 is 0 Å². The van der Waals surface area contributed by atoms with Gasteiger partial charge >= 0.3 is 0 Å². The number of halogens is 1. The van der Waals surface area contributed by atoms with Crippen molar-refractivity contribution in [2.45, 2.75) is 59.7 Å². The number of amidine groups is 1. The predicted octanol–water partition coefficient (Wildman–Crippen LogP) is 6.62. The van der Waals surface area contributed by atoms with Gasteiger partial charge < -0.3 is 9.47 Å². The van der Waals surface area contributed by atoms with E-state index in [0.29, 0.717) is 29.4 Å². The molecule has 0 spiro atoms. The smallest absolute Gasteiger partial charge is 0.266 e. The number of thioether (sulfide) groups is 1. The van der Waals surface area contributed by atoms with Crippen LogP contribution < -0.4 is 9.47 Å². The minimum Gasteiger partial charge on any atom is -0.490 e.